The largest absolute Gasteiger partial charge is 0.352 e. The van der Waals surface area contributed by atoms with Crippen LogP contribution in [0.25, 0.3) is 0 Å². The Kier molecular flexibility index (Phi) is 5.80. The standard InChI is InChI=1S/C20H17FN2OS/c21-17-5-3-4-15(14-17)11-13-23-20(24)16-7-9-18(10-8-16)25-19-6-1-2-12-22-19/h1-10,12,14H,11,13H2,(H,23,24). The van der Waals surface area contributed by atoms with E-state index in [1.165, 1.54) is 12.1 Å². The van der Waals surface area contributed by atoms with E-state index in [1.807, 2.05) is 36.4 Å². The lowest BCUT2D eigenvalue weighted by Gasteiger charge is -2.06. The predicted molar refractivity (Wildman–Crippen MR) is 97.2 cm³/mol. The summed E-state index contributed by atoms with van der Waals surface area (Å²) in [5.41, 5.74) is 1.46. The highest BCUT2D eigenvalue weighted by Gasteiger charge is 2.06. The Bertz CT molecular complexity index is 838. The van der Waals surface area contributed by atoms with Crippen LogP contribution in [-0.4, -0.2) is 17.4 Å². The highest BCUT2D eigenvalue weighted by Crippen LogP contribution is 2.25. The van der Waals surface area contributed by atoms with Gasteiger partial charge in [-0.3, -0.25) is 4.79 Å². The first-order valence-electron chi connectivity index (χ1n) is 7.92. The summed E-state index contributed by atoms with van der Waals surface area (Å²) in [6, 6.07) is 19.6. The van der Waals surface area contributed by atoms with Crippen molar-refractivity contribution in [3.63, 3.8) is 0 Å². The van der Waals surface area contributed by atoms with Gasteiger partial charge in [0.2, 0.25) is 0 Å². The Morgan fingerprint density at radius 3 is 2.60 bits per heavy atom. The Balaban J connectivity index is 1.52. The lowest BCUT2D eigenvalue weighted by molar-refractivity contribution is 0.0954. The summed E-state index contributed by atoms with van der Waals surface area (Å²) in [6.45, 7) is 0.465. The number of aromatic nitrogens is 1. The first kappa shape index (κ1) is 17.2. The number of rotatable bonds is 6. The van der Waals surface area contributed by atoms with Crippen LogP contribution in [0.15, 0.2) is 82.8 Å². The summed E-state index contributed by atoms with van der Waals surface area (Å²) in [4.78, 5) is 17.5. The van der Waals surface area contributed by atoms with Gasteiger partial charge < -0.3 is 5.32 Å². The molecule has 25 heavy (non-hydrogen) atoms. The molecule has 0 bridgehead atoms. The van der Waals surface area contributed by atoms with Crippen LogP contribution >= 0.6 is 11.8 Å². The lowest BCUT2D eigenvalue weighted by atomic mass is 10.1. The lowest BCUT2D eigenvalue weighted by Crippen LogP contribution is -2.25. The molecule has 0 atom stereocenters. The van der Waals surface area contributed by atoms with Gasteiger partial charge in [-0.15, -0.1) is 0 Å². The fourth-order valence-corrected chi connectivity index (χ4v) is 3.09. The van der Waals surface area contributed by atoms with Gasteiger partial charge in [-0.25, -0.2) is 9.37 Å². The van der Waals surface area contributed by atoms with Crippen LogP contribution < -0.4 is 5.32 Å². The van der Waals surface area contributed by atoms with Crippen LogP contribution in [0.5, 0.6) is 0 Å². The van der Waals surface area contributed by atoms with Crippen LogP contribution in [0.1, 0.15) is 15.9 Å². The quantitative estimate of drug-likeness (QED) is 0.717. The molecule has 0 aliphatic heterocycles. The zero-order valence-corrected chi connectivity index (χ0v) is 14.3. The van der Waals surface area contributed by atoms with E-state index < -0.39 is 0 Å². The molecule has 0 fully saturated rings. The highest BCUT2D eigenvalue weighted by atomic mass is 32.2. The Labute approximate surface area is 150 Å². The molecule has 0 spiro atoms. The number of benzene rings is 2. The van der Waals surface area contributed by atoms with E-state index in [9.17, 15) is 9.18 Å². The molecule has 126 valence electrons. The number of amides is 1. The van der Waals surface area contributed by atoms with E-state index in [4.69, 9.17) is 0 Å². The van der Waals surface area contributed by atoms with Gasteiger partial charge in [-0.05, 0) is 60.5 Å². The first-order chi connectivity index (χ1) is 12.2. The summed E-state index contributed by atoms with van der Waals surface area (Å²) < 4.78 is 13.1. The molecule has 3 nitrogen and oxygen atoms in total. The van der Waals surface area contributed by atoms with Crippen molar-refractivity contribution < 1.29 is 9.18 Å². The fraction of sp³-hybridized carbons (Fsp3) is 0.100. The van der Waals surface area contributed by atoms with Crippen molar-refractivity contribution in [1.29, 1.82) is 0 Å². The van der Waals surface area contributed by atoms with Gasteiger partial charge in [-0.1, -0.05) is 30.0 Å². The number of hydrogen-bond acceptors (Lipinski definition) is 3. The van der Waals surface area contributed by atoms with Crippen molar-refractivity contribution in [2.75, 3.05) is 6.54 Å². The number of hydrogen-bond donors (Lipinski definition) is 1. The van der Waals surface area contributed by atoms with Gasteiger partial charge in [-0.2, -0.15) is 0 Å². The Morgan fingerprint density at radius 1 is 1.04 bits per heavy atom. The molecule has 0 aliphatic rings. The second kappa shape index (κ2) is 8.44. The van der Waals surface area contributed by atoms with Crippen molar-refractivity contribution in [2.45, 2.75) is 16.3 Å². The molecule has 0 saturated heterocycles. The number of nitrogens with one attached hydrogen (secondary N) is 1. The fourth-order valence-electron chi connectivity index (χ4n) is 2.32. The third kappa shape index (κ3) is 5.16. The maximum atomic E-state index is 13.1. The minimum Gasteiger partial charge on any atom is -0.352 e. The molecule has 2 aromatic carbocycles. The molecule has 1 heterocycles. The molecule has 5 heteroatoms. The number of carbonyl (C=O) groups excluding carboxylic acids is 1. The van der Waals surface area contributed by atoms with E-state index in [1.54, 1.807) is 36.2 Å². The van der Waals surface area contributed by atoms with Crippen LogP contribution in [-0.2, 0) is 6.42 Å². The third-order valence-electron chi connectivity index (χ3n) is 3.56. The van der Waals surface area contributed by atoms with Gasteiger partial charge in [0.25, 0.3) is 5.91 Å². The molecule has 0 unspecified atom stereocenters. The minimum atomic E-state index is -0.259. The topological polar surface area (TPSA) is 42.0 Å². The summed E-state index contributed by atoms with van der Waals surface area (Å²) in [5.74, 6) is -0.393. The zero-order chi connectivity index (χ0) is 17.5. The number of pyridine rings is 1. The maximum Gasteiger partial charge on any atom is 0.251 e. The number of halogens is 1. The number of nitrogens with zero attached hydrogens (tertiary/aromatic N) is 1. The predicted octanol–water partition coefficient (Wildman–Crippen LogP) is 4.34. The average molecular weight is 352 g/mol. The summed E-state index contributed by atoms with van der Waals surface area (Å²) in [6.07, 6.45) is 2.35. The second-order valence-electron chi connectivity index (χ2n) is 5.43. The molecule has 3 rings (SSSR count). The normalized spacial score (nSPS) is 10.4. The smallest absolute Gasteiger partial charge is 0.251 e. The molecular formula is C20H17FN2OS. The van der Waals surface area contributed by atoms with Crippen molar-refractivity contribution in [3.8, 4) is 0 Å². The van der Waals surface area contributed by atoms with Gasteiger partial charge in [0, 0.05) is 23.2 Å². The van der Waals surface area contributed by atoms with Gasteiger partial charge >= 0.3 is 0 Å². The molecule has 1 aromatic heterocycles. The van der Waals surface area contributed by atoms with E-state index >= 15 is 0 Å². The van der Waals surface area contributed by atoms with Gasteiger partial charge in [0.05, 0.1) is 0 Å². The third-order valence-corrected chi connectivity index (χ3v) is 4.52. The average Bonchev–Trinajstić information content (AvgIpc) is 2.63. The van der Waals surface area contributed by atoms with Crippen molar-refractivity contribution in [3.05, 3.63) is 89.9 Å². The Hall–Kier alpha value is -2.66. The monoisotopic (exact) mass is 352 g/mol. The van der Waals surface area contributed by atoms with Crippen molar-refractivity contribution in [2.24, 2.45) is 0 Å². The highest BCUT2D eigenvalue weighted by molar-refractivity contribution is 7.99. The van der Waals surface area contributed by atoms with Gasteiger partial charge in [0.15, 0.2) is 0 Å². The van der Waals surface area contributed by atoms with Gasteiger partial charge in [0.1, 0.15) is 10.8 Å². The van der Waals surface area contributed by atoms with E-state index in [-0.39, 0.29) is 11.7 Å². The molecule has 0 aliphatic carbocycles. The molecule has 0 saturated carbocycles. The summed E-state index contributed by atoms with van der Waals surface area (Å²) >= 11 is 1.55. The number of carbonyl (C=O) groups is 1. The SMILES string of the molecule is O=C(NCCc1cccc(F)c1)c1ccc(Sc2ccccn2)cc1. The van der Waals surface area contributed by atoms with E-state index in [0.29, 0.717) is 18.5 Å². The van der Waals surface area contributed by atoms with Crippen LogP contribution in [0.3, 0.4) is 0 Å². The second-order valence-corrected chi connectivity index (χ2v) is 6.52. The molecule has 1 N–H and O–H groups in total. The molecule has 1 amide bonds. The maximum absolute atomic E-state index is 13.1. The Morgan fingerprint density at radius 2 is 1.88 bits per heavy atom. The van der Waals surface area contributed by atoms with Crippen LogP contribution in [0.2, 0.25) is 0 Å². The molecule has 0 radical (unpaired) electrons. The van der Waals surface area contributed by atoms with Crippen molar-refractivity contribution >= 4 is 17.7 Å². The first-order valence-corrected chi connectivity index (χ1v) is 8.74. The van der Waals surface area contributed by atoms with Crippen LogP contribution in [0, 0.1) is 5.82 Å². The summed E-state index contributed by atoms with van der Waals surface area (Å²) in [5, 5.41) is 3.77. The zero-order valence-electron chi connectivity index (χ0n) is 13.5. The minimum absolute atomic E-state index is 0.134. The summed E-state index contributed by atoms with van der Waals surface area (Å²) in [7, 11) is 0. The molecular weight excluding hydrogens is 335 g/mol. The molecule has 3 aromatic rings. The van der Waals surface area contributed by atoms with Crippen molar-refractivity contribution in [1.82, 2.24) is 10.3 Å². The van der Waals surface area contributed by atoms with E-state index in [2.05, 4.69) is 10.3 Å². The van der Waals surface area contributed by atoms with Crippen LogP contribution in [0.4, 0.5) is 4.39 Å². The van der Waals surface area contributed by atoms with E-state index in [0.717, 1.165) is 15.5 Å².